The number of nitrogens with zero attached hydrogens (tertiary/aromatic N) is 1. The number of alkyl halides is 3. The molecule has 186 valence electrons. The summed E-state index contributed by atoms with van der Waals surface area (Å²) in [5.74, 6) is -1.24. The summed E-state index contributed by atoms with van der Waals surface area (Å²) in [5, 5.41) is 5.42. The topological polar surface area (TPSA) is 78.5 Å². The molecule has 1 heterocycles. The fraction of sp³-hybridized carbons (Fsp3) is 0.346. The van der Waals surface area contributed by atoms with Crippen LogP contribution in [0.4, 0.5) is 13.2 Å². The summed E-state index contributed by atoms with van der Waals surface area (Å²) in [6.07, 6.45) is -1.90. The zero-order chi connectivity index (χ0) is 25.6. The van der Waals surface area contributed by atoms with E-state index in [2.05, 4.69) is 10.6 Å². The molecule has 1 aliphatic heterocycles. The number of fused-ring (bicyclic) bond motifs is 1. The molecule has 1 atom stereocenters. The summed E-state index contributed by atoms with van der Waals surface area (Å²) < 4.78 is 37.9. The van der Waals surface area contributed by atoms with Gasteiger partial charge in [-0.05, 0) is 40.8 Å². The average molecular weight is 488 g/mol. The van der Waals surface area contributed by atoms with Gasteiger partial charge in [0, 0.05) is 25.7 Å². The van der Waals surface area contributed by atoms with Gasteiger partial charge in [-0.1, -0.05) is 50.2 Å². The van der Waals surface area contributed by atoms with Gasteiger partial charge in [0.2, 0.25) is 17.7 Å². The Labute approximate surface area is 202 Å². The van der Waals surface area contributed by atoms with Gasteiger partial charge in [-0.3, -0.25) is 14.4 Å². The van der Waals surface area contributed by atoms with Crippen molar-refractivity contribution in [2.75, 3.05) is 19.6 Å². The van der Waals surface area contributed by atoms with Gasteiger partial charge in [-0.2, -0.15) is 13.2 Å². The molecule has 2 aromatic carbocycles. The molecule has 3 rings (SSSR count). The number of carbonyl (C=O) groups excluding carboxylic acids is 3. The van der Waals surface area contributed by atoms with E-state index < -0.39 is 23.6 Å². The lowest BCUT2D eigenvalue weighted by molar-refractivity contribution is -0.137. The minimum absolute atomic E-state index is 0.146. The van der Waals surface area contributed by atoms with Gasteiger partial charge < -0.3 is 15.5 Å². The smallest absolute Gasteiger partial charge is 0.355 e. The predicted octanol–water partition coefficient (Wildman–Crippen LogP) is 3.73. The number of hydrogen-bond donors (Lipinski definition) is 2. The van der Waals surface area contributed by atoms with Crippen molar-refractivity contribution in [3.05, 3.63) is 76.9 Å². The molecule has 0 aliphatic carbocycles. The van der Waals surface area contributed by atoms with Crippen molar-refractivity contribution >= 4 is 23.8 Å². The quantitative estimate of drug-likeness (QED) is 0.585. The van der Waals surface area contributed by atoms with E-state index in [4.69, 9.17) is 0 Å². The minimum atomic E-state index is -4.43. The number of hydrogen-bond acceptors (Lipinski definition) is 3. The van der Waals surface area contributed by atoms with E-state index in [0.29, 0.717) is 24.6 Å². The molecule has 3 amide bonds. The predicted molar refractivity (Wildman–Crippen MR) is 126 cm³/mol. The zero-order valence-electron chi connectivity index (χ0n) is 19.6. The third-order valence-electron chi connectivity index (χ3n) is 5.63. The van der Waals surface area contributed by atoms with Gasteiger partial charge in [0.15, 0.2) is 0 Å². The molecule has 1 aliphatic rings. The maximum atomic E-state index is 12.8. The van der Waals surface area contributed by atoms with E-state index in [1.807, 2.05) is 38.1 Å². The number of benzene rings is 2. The third kappa shape index (κ3) is 7.18. The molecule has 2 N–H and O–H groups in total. The van der Waals surface area contributed by atoms with Crippen LogP contribution >= 0.6 is 0 Å². The van der Waals surface area contributed by atoms with Crippen molar-refractivity contribution in [1.82, 2.24) is 15.5 Å². The van der Waals surface area contributed by atoms with Crippen LogP contribution in [-0.4, -0.2) is 42.3 Å². The van der Waals surface area contributed by atoms with Gasteiger partial charge in [-0.15, -0.1) is 0 Å². The van der Waals surface area contributed by atoms with Crippen LogP contribution in [0.25, 0.3) is 6.08 Å². The molecule has 0 fully saturated rings. The Kier molecular flexibility index (Phi) is 8.32. The van der Waals surface area contributed by atoms with Crippen LogP contribution in [0.3, 0.4) is 0 Å². The van der Waals surface area contributed by atoms with E-state index in [0.717, 1.165) is 29.3 Å². The standard InChI is InChI=1S/C26H28F3N3O3/c1-17(2)13-31-25(35)22-16-32(15-19-5-3-4-6-21(19)22)24(34)14-30-23(33)12-9-18-7-10-20(11-8-18)26(27,28)29/h3-12,17,22H,13-16H2,1-2H3,(H,30,33)(H,31,35)/b12-9+. The minimum Gasteiger partial charge on any atom is -0.355 e. The van der Waals surface area contributed by atoms with Gasteiger partial charge in [0.05, 0.1) is 18.0 Å². The fourth-order valence-corrected chi connectivity index (χ4v) is 3.74. The first-order valence-corrected chi connectivity index (χ1v) is 11.3. The normalized spacial score (nSPS) is 15.7. The maximum Gasteiger partial charge on any atom is 0.416 e. The van der Waals surface area contributed by atoms with Crippen molar-refractivity contribution in [2.45, 2.75) is 32.5 Å². The van der Waals surface area contributed by atoms with Crippen LogP contribution < -0.4 is 10.6 Å². The number of nitrogens with one attached hydrogen (secondary N) is 2. The Hall–Kier alpha value is -3.62. The highest BCUT2D eigenvalue weighted by Gasteiger charge is 2.32. The monoisotopic (exact) mass is 487 g/mol. The fourth-order valence-electron chi connectivity index (χ4n) is 3.74. The Morgan fingerprint density at radius 1 is 1.06 bits per heavy atom. The first-order valence-electron chi connectivity index (χ1n) is 11.3. The number of amides is 3. The summed E-state index contributed by atoms with van der Waals surface area (Å²) in [4.78, 5) is 39.3. The number of halogens is 3. The highest BCUT2D eigenvalue weighted by atomic mass is 19.4. The average Bonchev–Trinajstić information content (AvgIpc) is 2.83. The SMILES string of the molecule is CC(C)CNC(=O)C1CN(C(=O)CNC(=O)/C=C/c2ccc(C(F)(F)F)cc2)Cc2ccccc21. The van der Waals surface area contributed by atoms with Crippen LogP contribution in [0, 0.1) is 5.92 Å². The molecular formula is C26H28F3N3O3. The van der Waals surface area contributed by atoms with Crippen molar-refractivity contribution < 1.29 is 27.6 Å². The molecule has 35 heavy (non-hydrogen) atoms. The zero-order valence-corrected chi connectivity index (χ0v) is 19.6. The molecule has 0 saturated heterocycles. The van der Waals surface area contributed by atoms with E-state index in [1.54, 1.807) is 4.90 Å². The molecule has 2 aromatic rings. The molecule has 0 bridgehead atoms. The molecule has 0 radical (unpaired) electrons. The Morgan fingerprint density at radius 3 is 2.40 bits per heavy atom. The van der Waals surface area contributed by atoms with Crippen molar-refractivity contribution in [3.8, 4) is 0 Å². The second kappa shape index (κ2) is 11.2. The summed E-state index contributed by atoms with van der Waals surface area (Å²) in [6, 6.07) is 11.9. The van der Waals surface area contributed by atoms with Gasteiger partial charge in [0.1, 0.15) is 0 Å². The van der Waals surface area contributed by atoms with Crippen LogP contribution in [-0.2, 0) is 27.1 Å². The first kappa shape index (κ1) is 26.0. The number of rotatable bonds is 7. The highest BCUT2D eigenvalue weighted by Crippen LogP contribution is 2.30. The van der Waals surface area contributed by atoms with E-state index in [1.165, 1.54) is 18.2 Å². The molecular weight excluding hydrogens is 459 g/mol. The van der Waals surface area contributed by atoms with Crippen molar-refractivity contribution in [3.63, 3.8) is 0 Å². The Balaban J connectivity index is 1.58. The number of carbonyl (C=O) groups is 3. The lowest BCUT2D eigenvalue weighted by atomic mass is 9.89. The van der Waals surface area contributed by atoms with Crippen LogP contribution in [0.2, 0.25) is 0 Å². The largest absolute Gasteiger partial charge is 0.416 e. The molecule has 0 saturated carbocycles. The van der Waals surface area contributed by atoms with Crippen molar-refractivity contribution in [2.24, 2.45) is 5.92 Å². The second-order valence-corrected chi connectivity index (χ2v) is 8.84. The van der Waals surface area contributed by atoms with Gasteiger partial charge >= 0.3 is 6.18 Å². The Morgan fingerprint density at radius 2 is 1.74 bits per heavy atom. The first-order chi connectivity index (χ1) is 16.5. The van der Waals surface area contributed by atoms with Gasteiger partial charge in [0.25, 0.3) is 0 Å². The molecule has 6 nitrogen and oxygen atoms in total. The Bertz CT molecular complexity index is 1100. The summed E-state index contributed by atoms with van der Waals surface area (Å²) in [5.41, 5.74) is 1.41. The maximum absolute atomic E-state index is 12.8. The highest BCUT2D eigenvalue weighted by molar-refractivity contribution is 5.94. The summed E-state index contributed by atoms with van der Waals surface area (Å²) >= 11 is 0. The molecule has 0 aromatic heterocycles. The summed E-state index contributed by atoms with van der Waals surface area (Å²) in [7, 11) is 0. The van der Waals surface area contributed by atoms with Crippen LogP contribution in [0.1, 0.15) is 42.0 Å². The van der Waals surface area contributed by atoms with Crippen molar-refractivity contribution in [1.29, 1.82) is 0 Å². The molecule has 1 unspecified atom stereocenters. The molecule has 0 spiro atoms. The van der Waals surface area contributed by atoms with Gasteiger partial charge in [-0.25, -0.2) is 0 Å². The summed E-state index contributed by atoms with van der Waals surface area (Å²) in [6.45, 7) is 4.81. The second-order valence-electron chi connectivity index (χ2n) is 8.84. The van der Waals surface area contributed by atoms with Crippen LogP contribution in [0.5, 0.6) is 0 Å². The van der Waals surface area contributed by atoms with E-state index in [-0.39, 0.29) is 24.9 Å². The molecule has 9 heteroatoms. The third-order valence-corrected chi connectivity index (χ3v) is 5.63. The van der Waals surface area contributed by atoms with E-state index >= 15 is 0 Å². The van der Waals surface area contributed by atoms with Crippen LogP contribution in [0.15, 0.2) is 54.6 Å². The van der Waals surface area contributed by atoms with E-state index in [9.17, 15) is 27.6 Å². The lowest BCUT2D eigenvalue weighted by Crippen LogP contribution is -2.47. The lowest BCUT2D eigenvalue weighted by Gasteiger charge is -2.34.